The van der Waals surface area contributed by atoms with E-state index in [9.17, 15) is 0 Å². The molecule has 0 saturated heterocycles. The number of hydrogen-bond acceptors (Lipinski definition) is 3. The third-order valence-electron chi connectivity index (χ3n) is 3.33. The van der Waals surface area contributed by atoms with Crippen LogP contribution in [0.2, 0.25) is 0 Å². The highest BCUT2D eigenvalue weighted by Crippen LogP contribution is 2.12. The van der Waals surface area contributed by atoms with E-state index in [1.54, 1.807) is 11.3 Å². The second-order valence-corrected chi connectivity index (χ2v) is 6.35. The smallest absolute Gasteiger partial charge is 0.193 e. The number of rotatable bonds is 4. The van der Waals surface area contributed by atoms with Gasteiger partial charge < -0.3 is 10.2 Å². The maximum atomic E-state index is 4.35. The van der Waals surface area contributed by atoms with Crippen molar-refractivity contribution in [3.8, 4) is 0 Å². The Balaban J connectivity index is 0.00000242. The molecule has 0 amide bonds. The van der Waals surface area contributed by atoms with Gasteiger partial charge in [0.25, 0.3) is 0 Å². The molecule has 0 aliphatic heterocycles. The lowest BCUT2D eigenvalue weighted by molar-refractivity contribution is 0.475. The molecule has 0 fully saturated rings. The standard InChI is InChI=1S/C16H22N4S.HI/c1-12-7-5-6-8-14(12)11-20(4)16(17-3)19-10-15-9-18-13(2)21-15;/h5-9H,10-11H2,1-4H3,(H,17,19);1H. The van der Waals surface area contributed by atoms with Crippen LogP contribution in [0.4, 0.5) is 0 Å². The summed E-state index contributed by atoms with van der Waals surface area (Å²) in [5.41, 5.74) is 2.62. The lowest BCUT2D eigenvalue weighted by atomic mass is 10.1. The van der Waals surface area contributed by atoms with Crippen LogP contribution in [-0.4, -0.2) is 29.9 Å². The molecule has 120 valence electrons. The minimum atomic E-state index is 0. The average molecular weight is 430 g/mol. The summed E-state index contributed by atoms with van der Waals surface area (Å²) in [6, 6.07) is 8.44. The lowest BCUT2D eigenvalue weighted by Gasteiger charge is -2.22. The molecule has 0 spiro atoms. The molecule has 4 nitrogen and oxygen atoms in total. The summed E-state index contributed by atoms with van der Waals surface area (Å²) in [5.74, 6) is 0.893. The molecule has 1 heterocycles. The Hall–Kier alpha value is -1.15. The molecule has 0 bridgehead atoms. The van der Waals surface area contributed by atoms with Crippen molar-refractivity contribution < 1.29 is 0 Å². The molecular formula is C16H23IN4S. The predicted octanol–water partition coefficient (Wildman–Crippen LogP) is 3.59. The Morgan fingerprint density at radius 1 is 1.32 bits per heavy atom. The first-order chi connectivity index (χ1) is 10.1. The van der Waals surface area contributed by atoms with Gasteiger partial charge in [-0.3, -0.25) is 4.99 Å². The normalized spacial score (nSPS) is 11.0. The highest BCUT2D eigenvalue weighted by molar-refractivity contribution is 14.0. The summed E-state index contributed by atoms with van der Waals surface area (Å²) in [6.07, 6.45) is 1.92. The number of aliphatic imine (C=N–C) groups is 1. The number of benzene rings is 1. The third-order valence-corrected chi connectivity index (χ3v) is 4.24. The first kappa shape index (κ1) is 18.9. The van der Waals surface area contributed by atoms with Gasteiger partial charge in [-0.1, -0.05) is 24.3 Å². The van der Waals surface area contributed by atoms with Gasteiger partial charge in [0.15, 0.2) is 5.96 Å². The molecule has 22 heavy (non-hydrogen) atoms. The minimum Gasteiger partial charge on any atom is -0.351 e. The van der Waals surface area contributed by atoms with Gasteiger partial charge in [0.05, 0.1) is 11.6 Å². The zero-order valence-electron chi connectivity index (χ0n) is 13.5. The van der Waals surface area contributed by atoms with Gasteiger partial charge in [0, 0.05) is 31.7 Å². The van der Waals surface area contributed by atoms with Crippen molar-refractivity contribution in [2.24, 2.45) is 4.99 Å². The molecule has 0 radical (unpaired) electrons. The van der Waals surface area contributed by atoms with Gasteiger partial charge in [-0.25, -0.2) is 4.98 Å². The summed E-state index contributed by atoms with van der Waals surface area (Å²) in [7, 11) is 3.87. The Bertz CT molecular complexity index is 624. The number of halogens is 1. The molecule has 0 aliphatic carbocycles. The van der Waals surface area contributed by atoms with Crippen molar-refractivity contribution in [1.29, 1.82) is 0 Å². The van der Waals surface area contributed by atoms with Gasteiger partial charge in [-0.2, -0.15) is 0 Å². The van der Waals surface area contributed by atoms with Gasteiger partial charge in [0.1, 0.15) is 0 Å². The second-order valence-electron chi connectivity index (χ2n) is 5.03. The van der Waals surface area contributed by atoms with Crippen LogP contribution in [0.3, 0.4) is 0 Å². The van der Waals surface area contributed by atoms with E-state index in [1.807, 2.05) is 20.2 Å². The summed E-state index contributed by atoms with van der Waals surface area (Å²) in [6.45, 7) is 5.76. The Labute approximate surface area is 153 Å². The minimum absolute atomic E-state index is 0. The first-order valence-electron chi connectivity index (χ1n) is 6.97. The third kappa shape index (κ3) is 5.24. The number of aryl methyl sites for hydroxylation is 2. The second kappa shape index (κ2) is 9.09. The zero-order chi connectivity index (χ0) is 15.2. The molecule has 2 aromatic rings. The van der Waals surface area contributed by atoms with E-state index in [1.165, 1.54) is 16.0 Å². The molecule has 1 aromatic carbocycles. The number of nitrogens with zero attached hydrogens (tertiary/aromatic N) is 3. The van der Waals surface area contributed by atoms with E-state index >= 15 is 0 Å². The van der Waals surface area contributed by atoms with Crippen molar-refractivity contribution >= 4 is 41.3 Å². The summed E-state index contributed by atoms with van der Waals surface area (Å²) >= 11 is 1.71. The molecular weight excluding hydrogens is 407 g/mol. The zero-order valence-corrected chi connectivity index (χ0v) is 16.6. The fourth-order valence-corrected chi connectivity index (χ4v) is 2.89. The predicted molar refractivity (Wildman–Crippen MR) is 105 cm³/mol. The van der Waals surface area contributed by atoms with E-state index in [4.69, 9.17) is 0 Å². The van der Waals surface area contributed by atoms with E-state index in [0.29, 0.717) is 0 Å². The van der Waals surface area contributed by atoms with Crippen molar-refractivity contribution in [3.63, 3.8) is 0 Å². The molecule has 0 atom stereocenters. The van der Waals surface area contributed by atoms with E-state index in [0.717, 1.165) is 24.1 Å². The molecule has 6 heteroatoms. The van der Waals surface area contributed by atoms with E-state index in [-0.39, 0.29) is 24.0 Å². The topological polar surface area (TPSA) is 40.5 Å². The molecule has 0 aliphatic rings. The maximum Gasteiger partial charge on any atom is 0.193 e. The summed E-state index contributed by atoms with van der Waals surface area (Å²) in [5, 5.41) is 4.48. The van der Waals surface area contributed by atoms with Gasteiger partial charge in [-0.05, 0) is 25.0 Å². The molecule has 0 saturated carbocycles. The van der Waals surface area contributed by atoms with Crippen LogP contribution in [-0.2, 0) is 13.1 Å². The quantitative estimate of drug-likeness (QED) is 0.458. The fourth-order valence-electron chi connectivity index (χ4n) is 2.16. The van der Waals surface area contributed by atoms with E-state index < -0.39 is 0 Å². The molecule has 2 rings (SSSR count). The Kier molecular flexibility index (Phi) is 7.81. The molecule has 1 N–H and O–H groups in total. The van der Waals surface area contributed by atoms with Crippen LogP contribution in [0, 0.1) is 13.8 Å². The van der Waals surface area contributed by atoms with Gasteiger partial charge in [0.2, 0.25) is 0 Å². The Morgan fingerprint density at radius 2 is 2.05 bits per heavy atom. The van der Waals surface area contributed by atoms with Crippen LogP contribution < -0.4 is 5.32 Å². The largest absolute Gasteiger partial charge is 0.351 e. The van der Waals surface area contributed by atoms with Gasteiger partial charge >= 0.3 is 0 Å². The number of aromatic nitrogens is 1. The van der Waals surface area contributed by atoms with Crippen molar-refractivity contribution in [1.82, 2.24) is 15.2 Å². The van der Waals surface area contributed by atoms with Crippen LogP contribution in [0.15, 0.2) is 35.5 Å². The van der Waals surface area contributed by atoms with Crippen LogP contribution in [0.1, 0.15) is 21.0 Å². The number of hydrogen-bond donors (Lipinski definition) is 1. The number of thiazole rings is 1. The number of nitrogens with one attached hydrogen (secondary N) is 1. The monoisotopic (exact) mass is 430 g/mol. The van der Waals surface area contributed by atoms with E-state index in [2.05, 4.69) is 58.4 Å². The lowest BCUT2D eigenvalue weighted by Crippen LogP contribution is -2.38. The SMILES string of the molecule is CN=C(NCc1cnc(C)s1)N(C)Cc1ccccc1C.I. The molecule has 0 unspecified atom stereocenters. The summed E-state index contributed by atoms with van der Waals surface area (Å²) < 4.78 is 0. The van der Waals surface area contributed by atoms with Crippen molar-refractivity contribution in [2.75, 3.05) is 14.1 Å². The highest BCUT2D eigenvalue weighted by atomic mass is 127. The van der Waals surface area contributed by atoms with Crippen LogP contribution in [0.5, 0.6) is 0 Å². The maximum absolute atomic E-state index is 4.35. The summed E-state index contributed by atoms with van der Waals surface area (Å²) in [4.78, 5) is 12.0. The van der Waals surface area contributed by atoms with Crippen molar-refractivity contribution in [3.05, 3.63) is 51.5 Å². The van der Waals surface area contributed by atoms with Crippen LogP contribution >= 0.6 is 35.3 Å². The van der Waals surface area contributed by atoms with Crippen LogP contribution in [0.25, 0.3) is 0 Å². The molecule has 1 aromatic heterocycles. The fraction of sp³-hybridized carbons (Fsp3) is 0.375. The van der Waals surface area contributed by atoms with Gasteiger partial charge in [-0.15, -0.1) is 35.3 Å². The van der Waals surface area contributed by atoms with Crippen molar-refractivity contribution in [2.45, 2.75) is 26.9 Å². The average Bonchev–Trinajstić information content (AvgIpc) is 2.88. The highest BCUT2D eigenvalue weighted by Gasteiger charge is 2.08. The number of guanidine groups is 1. The first-order valence-corrected chi connectivity index (χ1v) is 7.79. The Morgan fingerprint density at radius 3 is 2.64 bits per heavy atom.